The van der Waals surface area contributed by atoms with Crippen molar-refractivity contribution in [3.63, 3.8) is 0 Å². The van der Waals surface area contributed by atoms with E-state index in [1.54, 1.807) is 12.1 Å². The highest BCUT2D eigenvalue weighted by Gasteiger charge is 2.19. The Morgan fingerprint density at radius 2 is 1.52 bits per heavy atom. The number of carbonyl (C=O) groups is 3. The summed E-state index contributed by atoms with van der Waals surface area (Å²) >= 11 is 6.01. The van der Waals surface area contributed by atoms with Gasteiger partial charge in [0.15, 0.2) is 0 Å². The van der Waals surface area contributed by atoms with Crippen molar-refractivity contribution in [2.24, 2.45) is 0 Å². The topological polar surface area (TPSA) is 103 Å². The molecule has 0 aromatic heterocycles. The SMILES string of the molecule is COC(=O)c1ccc(Cl)c(NC(=O)C(=O)Nc2cc(OC)ccc2OC)c1. The van der Waals surface area contributed by atoms with Crippen molar-refractivity contribution < 1.29 is 28.6 Å². The lowest BCUT2D eigenvalue weighted by atomic mass is 10.2. The molecule has 9 heteroatoms. The number of ether oxygens (including phenoxy) is 3. The van der Waals surface area contributed by atoms with Crippen molar-refractivity contribution in [2.75, 3.05) is 32.0 Å². The summed E-state index contributed by atoms with van der Waals surface area (Å²) in [6.45, 7) is 0. The van der Waals surface area contributed by atoms with Gasteiger partial charge in [0.2, 0.25) is 0 Å². The Labute approximate surface area is 160 Å². The van der Waals surface area contributed by atoms with E-state index in [-0.39, 0.29) is 22.0 Å². The summed E-state index contributed by atoms with van der Waals surface area (Å²) in [6.07, 6.45) is 0. The monoisotopic (exact) mass is 392 g/mol. The van der Waals surface area contributed by atoms with Crippen LogP contribution in [0.3, 0.4) is 0 Å². The Balaban J connectivity index is 2.17. The summed E-state index contributed by atoms with van der Waals surface area (Å²) in [5, 5.41) is 4.94. The average Bonchev–Trinajstić information content (AvgIpc) is 2.68. The normalized spacial score (nSPS) is 9.93. The van der Waals surface area contributed by atoms with Gasteiger partial charge in [0, 0.05) is 6.07 Å². The summed E-state index contributed by atoms with van der Waals surface area (Å²) in [5.74, 6) is -1.72. The largest absolute Gasteiger partial charge is 0.497 e. The van der Waals surface area contributed by atoms with Gasteiger partial charge in [-0.25, -0.2) is 4.79 Å². The Morgan fingerprint density at radius 1 is 0.852 bits per heavy atom. The Kier molecular flexibility index (Phi) is 6.62. The second kappa shape index (κ2) is 8.91. The number of anilines is 2. The van der Waals surface area contributed by atoms with E-state index in [1.807, 2.05) is 0 Å². The van der Waals surface area contributed by atoms with Gasteiger partial charge in [-0.15, -0.1) is 0 Å². The van der Waals surface area contributed by atoms with Crippen LogP contribution >= 0.6 is 11.6 Å². The zero-order valence-electron chi connectivity index (χ0n) is 14.8. The summed E-state index contributed by atoms with van der Waals surface area (Å²) < 4.78 is 14.8. The maximum atomic E-state index is 12.2. The fourth-order valence-electron chi connectivity index (χ4n) is 2.14. The number of halogens is 1. The molecule has 0 atom stereocenters. The number of benzene rings is 2. The number of methoxy groups -OCH3 is 3. The molecule has 0 heterocycles. The Hall–Kier alpha value is -3.26. The first-order valence-electron chi connectivity index (χ1n) is 7.61. The summed E-state index contributed by atoms with van der Waals surface area (Å²) in [6, 6.07) is 8.90. The number of nitrogens with one attached hydrogen (secondary N) is 2. The number of hydrogen-bond acceptors (Lipinski definition) is 6. The number of carbonyl (C=O) groups excluding carboxylic acids is 3. The number of hydrogen-bond donors (Lipinski definition) is 2. The molecule has 0 saturated carbocycles. The first-order valence-corrected chi connectivity index (χ1v) is 7.99. The number of amides is 2. The lowest BCUT2D eigenvalue weighted by Gasteiger charge is -2.12. The van der Waals surface area contributed by atoms with Gasteiger partial charge in [-0.3, -0.25) is 9.59 Å². The van der Waals surface area contributed by atoms with Crippen LogP contribution in [0.4, 0.5) is 11.4 Å². The van der Waals surface area contributed by atoms with Gasteiger partial charge in [0.05, 0.1) is 43.3 Å². The maximum Gasteiger partial charge on any atom is 0.337 e. The highest BCUT2D eigenvalue weighted by molar-refractivity contribution is 6.45. The molecule has 0 bridgehead atoms. The molecule has 0 spiro atoms. The highest BCUT2D eigenvalue weighted by Crippen LogP contribution is 2.29. The molecule has 0 fully saturated rings. The van der Waals surface area contributed by atoms with Gasteiger partial charge in [-0.2, -0.15) is 0 Å². The van der Waals surface area contributed by atoms with Crippen LogP contribution in [0.5, 0.6) is 11.5 Å². The molecule has 2 amide bonds. The van der Waals surface area contributed by atoms with Gasteiger partial charge >= 0.3 is 17.8 Å². The van der Waals surface area contributed by atoms with Crippen molar-refractivity contribution in [2.45, 2.75) is 0 Å². The summed E-state index contributed by atoms with van der Waals surface area (Å²) in [4.78, 5) is 36.0. The number of rotatable bonds is 5. The van der Waals surface area contributed by atoms with Crippen LogP contribution < -0.4 is 20.1 Å². The van der Waals surface area contributed by atoms with E-state index >= 15 is 0 Å². The third-order valence-electron chi connectivity index (χ3n) is 3.50. The summed E-state index contributed by atoms with van der Waals surface area (Å²) in [7, 11) is 4.12. The molecule has 0 aliphatic rings. The van der Waals surface area contributed by atoms with Crippen molar-refractivity contribution in [1.29, 1.82) is 0 Å². The zero-order valence-corrected chi connectivity index (χ0v) is 15.5. The molecule has 142 valence electrons. The molecule has 0 saturated heterocycles. The van der Waals surface area contributed by atoms with Gasteiger partial charge in [-0.1, -0.05) is 11.6 Å². The minimum absolute atomic E-state index is 0.0947. The second-order valence-corrected chi connectivity index (χ2v) is 5.57. The van der Waals surface area contributed by atoms with Crippen LogP contribution in [0.15, 0.2) is 36.4 Å². The average molecular weight is 393 g/mol. The van der Waals surface area contributed by atoms with Crippen LogP contribution in [0.25, 0.3) is 0 Å². The molecule has 2 aromatic rings. The first-order chi connectivity index (χ1) is 12.9. The molecule has 2 rings (SSSR count). The molecule has 0 radical (unpaired) electrons. The van der Waals surface area contributed by atoms with E-state index < -0.39 is 17.8 Å². The lowest BCUT2D eigenvalue weighted by molar-refractivity contribution is -0.133. The minimum Gasteiger partial charge on any atom is -0.497 e. The van der Waals surface area contributed by atoms with Crippen LogP contribution in [-0.2, 0) is 14.3 Å². The van der Waals surface area contributed by atoms with E-state index in [4.69, 9.17) is 21.1 Å². The molecule has 27 heavy (non-hydrogen) atoms. The molecule has 8 nitrogen and oxygen atoms in total. The second-order valence-electron chi connectivity index (χ2n) is 5.16. The van der Waals surface area contributed by atoms with E-state index in [1.165, 1.54) is 45.6 Å². The molecular formula is C18H17ClN2O6. The van der Waals surface area contributed by atoms with Crippen molar-refractivity contribution in [3.8, 4) is 11.5 Å². The maximum absolute atomic E-state index is 12.2. The van der Waals surface area contributed by atoms with E-state index in [0.29, 0.717) is 11.5 Å². The first kappa shape index (κ1) is 20.1. The third-order valence-corrected chi connectivity index (χ3v) is 3.83. The van der Waals surface area contributed by atoms with Gasteiger partial charge in [0.1, 0.15) is 11.5 Å². The van der Waals surface area contributed by atoms with Crippen molar-refractivity contribution in [3.05, 3.63) is 47.0 Å². The molecule has 0 unspecified atom stereocenters. The van der Waals surface area contributed by atoms with Gasteiger partial charge in [-0.05, 0) is 30.3 Å². The van der Waals surface area contributed by atoms with Crippen LogP contribution in [0.1, 0.15) is 10.4 Å². The molecule has 2 N–H and O–H groups in total. The predicted octanol–water partition coefficient (Wildman–Crippen LogP) is 2.72. The fourth-order valence-corrected chi connectivity index (χ4v) is 2.30. The molecular weight excluding hydrogens is 376 g/mol. The third kappa shape index (κ3) is 4.89. The van der Waals surface area contributed by atoms with Gasteiger partial charge in [0.25, 0.3) is 0 Å². The minimum atomic E-state index is -0.983. The standard InChI is InChI=1S/C18H17ClN2O6/c1-25-11-5-7-15(26-2)14(9-11)21-17(23)16(22)20-13-8-10(18(24)27-3)4-6-12(13)19/h4-9H,1-3H3,(H,20,22)(H,21,23). The Morgan fingerprint density at radius 3 is 2.11 bits per heavy atom. The molecule has 0 aliphatic carbocycles. The van der Waals surface area contributed by atoms with E-state index in [9.17, 15) is 14.4 Å². The van der Waals surface area contributed by atoms with Crippen molar-refractivity contribution >= 4 is 40.8 Å². The van der Waals surface area contributed by atoms with Gasteiger partial charge < -0.3 is 24.8 Å². The zero-order chi connectivity index (χ0) is 20.0. The van der Waals surface area contributed by atoms with E-state index in [2.05, 4.69) is 15.4 Å². The quantitative estimate of drug-likeness (QED) is 0.599. The van der Waals surface area contributed by atoms with Crippen LogP contribution in [-0.4, -0.2) is 39.1 Å². The summed E-state index contributed by atoms with van der Waals surface area (Å²) in [5.41, 5.74) is 0.524. The van der Waals surface area contributed by atoms with Crippen LogP contribution in [0, 0.1) is 0 Å². The lowest BCUT2D eigenvalue weighted by Crippen LogP contribution is -2.29. The van der Waals surface area contributed by atoms with Crippen LogP contribution in [0.2, 0.25) is 5.02 Å². The molecule has 2 aromatic carbocycles. The highest BCUT2D eigenvalue weighted by atomic mass is 35.5. The van der Waals surface area contributed by atoms with E-state index in [0.717, 1.165) is 0 Å². The fraction of sp³-hybridized carbons (Fsp3) is 0.167. The number of esters is 1. The van der Waals surface area contributed by atoms with Crippen molar-refractivity contribution in [1.82, 2.24) is 0 Å². The Bertz CT molecular complexity index is 884. The smallest absolute Gasteiger partial charge is 0.337 e. The molecule has 0 aliphatic heterocycles. The predicted molar refractivity (Wildman–Crippen MR) is 99.6 cm³/mol.